The molecule has 0 aliphatic heterocycles. The summed E-state index contributed by atoms with van der Waals surface area (Å²) in [5.74, 6) is 1.37. The topological polar surface area (TPSA) is 74.1 Å². The highest BCUT2D eigenvalue weighted by atomic mass is 16.4. The highest BCUT2D eigenvalue weighted by Gasteiger charge is 2.02. The summed E-state index contributed by atoms with van der Waals surface area (Å²) in [7, 11) is 0. The molecule has 3 rings (SSSR count). The Morgan fingerprint density at radius 1 is 1.22 bits per heavy atom. The van der Waals surface area contributed by atoms with Crippen LogP contribution in [0.4, 0.5) is 5.69 Å². The zero-order valence-corrected chi connectivity index (χ0v) is 9.68. The van der Waals surface area contributed by atoms with E-state index in [9.17, 15) is 0 Å². The molecule has 18 heavy (non-hydrogen) atoms. The molecule has 5 nitrogen and oxygen atoms in total. The van der Waals surface area contributed by atoms with Crippen LogP contribution in [0.1, 0.15) is 11.5 Å². The highest BCUT2D eigenvalue weighted by Crippen LogP contribution is 2.17. The zero-order chi connectivity index (χ0) is 12.4. The normalized spacial score (nSPS) is 10.9. The fraction of sp³-hybridized carbons (Fsp3) is 0.154. The van der Waals surface area contributed by atoms with Gasteiger partial charge in [0.1, 0.15) is 18.1 Å². The van der Waals surface area contributed by atoms with Crippen LogP contribution in [0.25, 0.3) is 10.9 Å². The van der Waals surface area contributed by atoms with Crippen molar-refractivity contribution in [3.8, 4) is 0 Å². The number of hydrogen-bond donors (Lipinski definition) is 3. The Kier molecular flexibility index (Phi) is 2.74. The van der Waals surface area contributed by atoms with Crippen LogP contribution in [0.3, 0.4) is 0 Å². The van der Waals surface area contributed by atoms with Crippen LogP contribution in [-0.2, 0) is 13.2 Å². The Morgan fingerprint density at radius 3 is 2.94 bits per heavy atom. The van der Waals surface area contributed by atoms with Gasteiger partial charge in [-0.25, -0.2) is 0 Å². The van der Waals surface area contributed by atoms with E-state index in [1.54, 1.807) is 12.3 Å². The second kappa shape index (κ2) is 4.54. The number of fused-ring (bicyclic) bond motifs is 1. The summed E-state index contributed by atoms with van der Waals surface area (Å²) in [5, 5.41) is 20.1. The first-order chi connectivity index (χ1) is 8.85. The molecule has 0 bridgehead atoms. The summed E-state index contributed by atoms with van der Waals surface area (Å²) >= 11 is 0. The lowest BCUT2D eigenvalue weighted by atomic mass is 10.2. The summed E-state index contributed by atoms with van der Waals surface area (Å²) in [6.07, 6.45) is 1.79. The fourth-order valence-electron chi connectivity index (χ4n) is 1.84. The maximum absolute atomic E-state index is 8.91. The van der Waals surface area contributed by atoms with Crippen molar-refractivity contribution in [2.75, 3.05) is 5.32 Å². The van der Waals surface area contributed by atoms with Crippen LogP contribution in [0.5, 0.6) is 0 Å². The first-order valence-electron chi connectivity index (χ1n) is 5.70. The predicted octanol–water partition coefficient (Wildman–Crippen LogP) is 2.26. The van der Waals surface area contributed by atoms with Crippen LogP contribution in [0, 0.1) is 0 Å². The van der Waals surface area contributed by atoms with E-state index in [-0.39, 0.29) is 6.61 Å². The van der Waals surface area contributed by atoms with Gasteiger partial charge in [-0.3, -0.25) is 5.10 Å². The lowest BCUT2D eigenvalue weighted by molar-refractivity contribution is 0.244. The van der Waals surface area contributed by atoms with Gasteiger partial charge in [-0.05, 0) is 30.3 Å². The maximum atomic E-state index is 8.91. The van der Waals surface area contributed by atoms with Gasteiger partial charge < -0.3 is 14.8 Å². The quantitative estimate of drug-likeness (QED) is 0.657. The molecule has 0 aliphatic rings. The lowest BCUT2D eigenvalue weighted by Gasteiger charge is -2.04. The summed E-state index contributed by atoms with van der Waals surface area (Å²) in [5.41, 5.74) is 1.99. The minimum atomic E-state index is -0.0693. The van der Waals surface area contributed by atoms with E-state index < -0.39 is 0 Å². The second-order valence-electron chi connectivity index (χ2n) is 4.05. The van der Waals surface area contributed by atoms with E-state index in [1.165, 1.54) is 0 Å². The standard InChI is InChI=1S/C13H13N3O2/c17-8-12-4-3-11(18-12)7-14-10-2-1-9-6-15-16-13(9)5-10/h1-6,14,17H,7-8H2,(H,15,16). The SMILES string of the molecule is OCc1ccc(CNc2ccc3cn[nH]c3c2)o1. The van der Waals surface area contributed by atoms with Gasteiger partial charge in [0.05, 0.1) is 18.3 Å². The Bertz CT molecular complexity index is 657. The molecule has 0 aliphatic carbocycles. The number of hydrogen-bond acceptors (Lipinski definition) is 4. The Morgan fingerprint density at radius 2 is 2.11 bits per heavy atom. The molecular weight excluding hydrogens is 230 g/mol. The Hall–Kier alpha value is -2.27. The molecule has 0 saturated heterocycles. The molecule has 92 valence electrons. The molecule has 0 spiro atoms. The summed E-state index contributed by atoms with van der Waals surface area (Å²) in [6, 6.07) is 9.62. The van der Waals surface area contributed by atoms with E-state index in [0.29, 0.717) is 12.3 Å². The second-order valence-corrected chi connectivity index (χ2v) is 4.05. The minimum Gasteiger partial charge on any atom is -0.462 e. The molecule has 3 N–H and O–H groups in total. The van der Waals surface area contributed by atoms with Gasteiger partial charge in [0, 0.05) is 11.1 Å². The minimum absolute atomic E-state index is 0.0693. The molecule has 0 amide bonds. The molecule has 5 heteroatoms. The van der Waals surface area contributed by atoms with Crippen molar-refractivity contribution in [1.29, 1.82) is 0 Å². The van der Waals surface area contributed by atoms with Crippen molar-refractivity contribution in [2.24, 2.45) is 0 Å². The summed E-state index contributed by atoms with van der Waals surface area (Å²) < 4.78 is 5.39. The summed E-state index contributed by atoms with van der Waals surface area (Å²) in [6.45, 7) is 0.514. The number of rotatable bonds is 4. The third-order valence-electron chi connectivity index (χ3n) is 2.78. The first-order valence-corrected chi connectivity index (χ1v) is 5.70. The fourth-order valence-corrected chi connectivity index (χ4v) is 1.84. The predicted molar refractivity (Wildman–Crippen MR) is 68.1 cm³/mol. The third-order valence-corrected chi connectivity index (χ3v) is 2.78. The van der Waals surface area contributed by atoms with Crippen molar-refractivity contribution >= 4 is 16.6 Å². The smallest absolute Gasteiger partial charge is 0.129 e. The van der Waals surface area contributed by atoms with Crippen LogP contribution < -0.4 is 5.32 Å². The molecule has 0 fully saturated rings. The molecule has 3 aromatic rings. The number of nitrogens with one attached hydrogen (secondary N) is 2. The van der Waals surface area contributed by atoms with E-state index in [1.807, 2.05) is 24.3 Å². The number of aromatic amines is 1. The first kappa shape index (κ1) is 10.9. The van der Waals surface area contributed by atoms with Gasteiger partial charge in [-0.15, -0.1) is 0 Å². The number of anilines is 1. The van der Waals surface area contributed by atoms with Gasteiger partial charge in [-0.1, -0.05) is 0 Å². The Balaban J connectivity index is 1.72. The van der Waals surface area contributed by atoms with Gasteiger partial charge in [-0.2, -0.15) is 5.10 Å². The van der Waals surface area contributed by atoms with E-state index >= 15 is 0 Å². The molecular formula is C13H13N3O2. The van der Waals surface area contributed by atoms with Crippen molar-refractivity contribution in [3.63, 3.8) is 0 Å². The molecule has 0 radical (unpaired) electrons. The average Bonchev–Trinajstić information content (AvgIpc) is 3.04. The Labute approximate surface area is 103 Å². The summed E-state index contributed by atoms with van der Waals surface area (Å²) in [4.78, 5) is 0. The van der Waals surface area contributed by atoms with Crippen molar-refractivity contribution in [3.05, 3.63) is 48.0 Å². The molecule has 0 saturated carbocycles. The van der Waals surface area contributed by atoms with Crippen LogP contribution in [-0.4, -0.2) is 15.3 Å². The van der Waals surface area contributed by atoms with Crippen molar-refractivity contribution in [1.82, 2.24) is 10.2 Å². The van der Waals surface area contributed by atoms with E-state index in [4.69, 9.17) is 9.52 Å². The molecule has 2 heterocycles. The third kappa shape index (κ3) is 2.08. The number of benzene rings is 1. The maximum Gasteiger partial charge on any atom is 0.129 e. The van der Waals surface area contributed by atoms with Crippen molar-refractivity contribution in [2.45, 2.75) is 13.2 Å². The number of aliphatic hydroxyl groups excluding tert-OH is 1. The number of nitrogens with zero attached hydrogens (tertiary/aromatic N) is 1. The van der Waals surface area contributed by atoms with Crippen LogP contribution in [0.2, 0.25) is 0 Å². The van der Waals surface area contributed by atoms with Crippen molar-refractivity contribution < 1.29 is 9.52 Å². The molecule has 1 aromatic carbocycles. The van der Waals surface area contributed by atoms with E-state index in [2.05, 4.69) is 15.5 Å². The highest BCUT2D eigenvalue weighted by molar-refractivity contribution is 5.81. The largest absolute Gasteiger partial charge is 0.462 e. The van der Waals surface area contributed by atoms with E-state index in [0.717, 1.165) is 22.4 Å². The van der Waals surface area contributed by atoms with Gasteiger partial charge in [0.15, 0.2) is 0 Å². The van der Waals surface area contributed by atoms with Crippen LogP contribution in [0.15, 0.2) is 40.9 Å². The number of aromatic nitrogens is 2. The zero-order valence-electron chi connectivity index (χ0n) is 9.68. The average molecular weight is 243 g/mol. The molecule has 0 atom stereocenters. The number of furan rings is 1. The van der Waals surface area contributed by atoms with Crippen LogP contribution >= 0.6 is 0 Å². The lowest BCUT2D eigenvalue weighted by Crippen LogP contribution is -1.97. The molecule has 2 aromatic heterocycles. The number of H-pyrrole nitrogens is 1. The van der Waals surface area contributed by atoms with Gasteiger partial charge in [0.25, 0.3) is 0 Å². The monoisotopic (exact) mass is 243 g/mol. The molecule has 0 unspecified atom stereocenters. The van der Waals surface area contributed by atoms with Gasteiger partial charge >= 0.3 is 0 Å². The van der Waals surface area contributed by atoms with Gasteiger partial charge in [0.2, 0.25) is 0 Å². The number of aliphatic hydroxyl groups is 1.